The van der Waals surface area contributed by atoms with Gasteiger partial charge in [-0.25, -0.2) is 13.2 Å². The molecular weight excluding hydrogens is 361 g/mol. The third kappa shape index (κ3) is 4.55. The fourth-order valence-electron chi connectivity index (χ4n) is 3.97. The normalized spacial score (nSPS) is 28.2. The van der Waals surface area contributed by atoms with E-state index in [4.69, 9.17) is 0 Å². The summed E-state index contributed by atoms with van der Waals surface area (Å²) in [5.74, 6) is -2.18. The molecule has 0 amide bonds. The number of benzene rings is 1. The second-order valence-corrected chi connectivity index (χ2v) is 10.6. The van der Waals surface area contributed by atoms with Gasteiger partial charge in [-0.05, 0) is 70.0 Å². The highest BCUT2D eigenvalue weighted by atomic mass is 32.2. The first-order valence-electron chi connectivity index (χ1n) is 9.17. The molecule has 1 aromatic carbocycles. The highest BCUT2D eigenvalue weighted by molar-refractivity contribution is 7.90. The summed E-state index contributed by atoms with van der Waals surface area (Å²) in [5, 5.41) is 0. The second-order valence-electron chi connectivity index (χ2n) is 8.58. The Morgan fingerprint density at radius 3 is 2.54 bits per heavy atom. The molecule has 0 spiro atoms. The maximum Gasteiger partial charge on any atom is 0.161 e. The van der Waals surface area contributed by atoms with Crippen LogP contribution in [0.15, 0.2) is 12.1 Å². The van der Waals surface area contributed by atoms with Gasteiger partial charge >= 0.3 is 0 Å². The largest absolute Gasteiger partial charge is 0.598 e. The number of rotatable bonds is 5. The Morgan fingerprint density at radius 1 is 1.19 bits per heavy atom. The molecule has 0 saturated carbocycles. The molecule has 26 heavy (non-hydrogen) atoms. The fraction of sp³-hybridized carbons (Fsp3) is 0.684. The van der Waals surface area contributed by atoms with Crippen LogP contribution in [0.1, 0.15) is 39.2 Å². The Kier molecular flexibility index (Phi) is 5.92. The van der Waals surface area contributed by atoms with Gasteiger partial charge in [-0.1, -0.05) is 0 Å². The van der Waals surface area contributed by atoms with Gasteiger partial charge < -0.3 is 9.45 Å². The molecule has 2 saturated heterocycles. The van der Waals surface area contributed by atoms with Gasteiger partial charge in [0.25, 0.3) is 0 Å². The summed E-state index contributed by atoms with van der Waals surface area (Å²) in [5.41, 5.74) is 0.125. The summed E-state index contributed by atoms with van der Waals surface area (Å²) in [6.07, 6.45) is 2.34. The third-order valence-electron chi connectivity index (χ3n) is 5.41. The molecule has 1 aromatic rings. The molecule has 2 aliphatic heterocycles. The zero-order valence-electron chi connectivity index (χ0n) is 15.5. The van der Waals surface area contributed by atoms with Crippen molar-refractivity contribution < 1.29 is 17.7 Å². The monoisotopic (exact) mass is 388 g/mol. The molecule has 2 aliphatic rings. The maximum absolute atomic E-state index is 14.2. The lowest BCUT2D eigenvalue weighted by molar-refractivity contribution is 0.173. The Labute approximate surface area is 156 Å². The average molecular weight is 388 g/mol. The van der Waals surface area contributed by atoms with Crippen LogP contribution in [-0.4, -0.2) is 39.9 Å². The quantitative estimate of drug-likeness (QED) is 0.621. The van der Waals surface area contributed by atoms with Gasteiger partial charge in [0.1, 0.15) is 10.6 Å². The summed E-state index contributed by atoms with van der Waals surface area (Å²) in [6, 6.07) is 1.27. The highest BCUT2D eigenvalue weighted by Crippen LogP contribution is 2.34. The fourth-order valence-corrected chi connectivity index (χ4v) is 4.88. The third-order valence-corrected chi connectivity index (χ3v) is 7.04. The van der Waals surface area contributed by atoms with E-state index in [0.29, 0.717) is 12.0 Å². The SMILES string of the molecule is CC(C)(C)[S+]([O-])N[C@H](Cc1cc(F)c(F)cc1F)C1CC2CCN(C2)C1. The minimum atomic E-state index is -1.32. The number of hydrogen-bond acceptors (Lipinski definition) is 3. The van der Waals surface area contributed by atoms with E-state index in [1.807, 2.05) is 20.8 Å². The van der Waals surface area contributed by atoms with E-state index < -0.39 is 33.6 Å². The number of hydrogen-bond donors (Lipinski definition) is 1. The van der Waals surface area contributed by atoms with Gasteiger partial charge in [-0.3, -0.25) is 0 Å². The molecule has 0 aliphatic carbocycles. The van der Waals surface area contributed by atoms with Crippen LogP contribution in [0.4, 0.5) is 13.2 Å². The summed E-state index contributed by atoms with van der Waals surface area (Å²) < 4.78 is 56.4. The van der Waals surface area contributed by atoms with Crippen LogP contribution >= 0.6 is 0 Å². The molecule has 2 heterocycles. The molecule has 2 bridgehead atoms. The van der Waals surface area contributed by atoms with Gasteiger partial charge in [0, 0.05) is 30.5 Å². The second kappa shape index (κ2) is 7.70. The molecular formula is C19H27F3N2OS. The Bertz CT molecular complexity index is 640. The van der Waals surface area contributed by atoms with E-state index >= 15 is 0 Å². The smallest absolute Gasteiger partial charge is 0.161 e. The predicted molar refractivity (Wildman–Crippen MR) is 97.5 cm³/mol. The van der Waals surface area contributed by atoms with Crippen LogP contribution in [0.3, 0.4) is 0 Å². The molecule has 2 fully saturated rings. The van der Waals surface area contributed by atoms with Gasteiger partial charge in [0.15, 0.2) is 11.6 Å². The van der Waals surface area contributed by atoms with Gasteiger partial charge in [-0.15, -0.1) is 4.72 Å². The molecule has 7 heteroatoms. The summed E-state index contributed by atoms with van der Waals surface area (Å²) in [6.45, 7) is 8.64. The molecule has 0 radical (unpaired) electrons. The minimum Gasteiger partial charge on any atom is -0.598 e. The summed E-state index contributed by atoms with van der Waals surface area (Å²) in [7, 11) is 0. The van der Waals surface area contributed by atoms with Crippen molar-refractivity contribution >= 4 is 11.4 Å². The Balaban J connectivity index is 1.82. The lowest BCUT2D eigenvalue weighted by Gasteiger charge is -2.37. The van der Waals surface area contributed by atoms with Crippen molar-refractivity contribution in [3.05, 3.63) is 35.1 Å². The Hall–Kier alpha value is -0.760. The van der Waals surface area contributed by atoms with Crippen molar-refractivity contribution in [1.82, 2.24) is 9.62 Å². The number of fused-ring (bicyclic) bond motifs is 2. The highest BCUT2D eigenvalue weighted by Gasteiger charge is 2.39. The number of nitrogens with zero attached hydrogens (tertiary/aromatic N) is 1. The van der Waals surface area contributed by atoms with E-state index in [2.05, 4.69) is 9.62 Å². The average Bonchev–Trinajstić information content (AvgIpc) is 2.88. The molecule has 4 unspecified atom stereocenters. The minimum absolute atomic E-state index is 0.125. The van der Waals surface area contributed by atoms with Crippen molar-refractivity contribution in [2.75, 3.05) is 19.6 Å². The van der Waals surface area contributed by atoms with Crippen molar-refractivity contribution in [1.29, 1.82) is 0 Å². The maximum atomic E-state index is 14.2. The van der Waals surface area contributed by atoms with Crippen molar-refractivity contribution in [2.24, 2.45) is 11.8 Å². The van der Waals surface area contributed by atoms with E-state index in [1.165, 1.54) is 0 Å². The zero-order valence-corrected chi connectivity index (χ0v) is 16.3. The van der Waals surface area contributed by atoms with Gasteiger partial charge in [0.05, 0.1) is 6.04 Å². The zero-order chi connectivity index (χ0) is 19.1. The van der Waals surface area contributed by atoms with E-state index in [1.54, 1.807) is 0 Å². The van der Waals surface area contributed by atoms with Crippen LogP contribution in [-0.2, 0) is 17.8 Å². The lowest BCUT2D eigenvalue weighted by atomic mass is 9.84. The first kappa shape index (κ1) is 20.0. The van der Waals surface area contributed by atoms with Crippen LogP contribution in [0.2, 0.25) is 0 Å². The van der Waals surface area contributed by atoms with Crippen molar-refractivity contribution in [2.45, 2.75) is 50.8 Å². The number of piperidine rings is 1. The molecule has 5 atom stereocenters. The van der Waals surface area contributed by atoms with Crippen LogP contribution in [0.5, 0.6) is 0 Å². The first-order chi connectivity index (χ1) is 12.1. The number of nitrogens with one attached hydrogen (secondary N) is 1. The molecule has 0 aromatic heterocycles. The molecule has 146 valence electrons. The number of halogens is 3. The van der Waals surface area contributed by atoms with Crippen LogP contribution < -0.4 is 4.72 Å². The van der Waals surface area contributed by atoms with Gasteiger partial charge in [-0.2, -0.15) is 0 Å². The lowest BCUT2D eigenvalue weighted by Crippen LogP contribution is -2.52. The van der Waals surface area contributed by atoms with Crippen LogP contribution in [0.25, 0.3) is 0 Å². The van der Waals surface area contributed by atoms with Gasteiger partial charge in [0.2, 0.25) is 0 Å². The Morgan fingerprint density at radius 2 is 1.88 bits per heavy atom. The van der Waals surface area contributed by atoms with E-state index in [9.17, 15) is 17.7 Å². The first-order valence-corrected chi connectivity index (χ1v) is 10.3. The van der Waals surface area contributed by atoms with E-state index in [0.717, 1.165) is 38.5 Å². The van der Waals surface area contributed by atoms with Crippen molar-refractivity contribution in [3.8, 4) is 0 Å². The predicted octanol–water partition coefficient (Wildman–Crippen LogP) is 3.41. The summed E-state index contributed by atoms with van der Waals surface area (Å²) >= 11 is -1.32. The molecule has 1 N–H and O–H groups in total. The van der Waals surface area contributed by atoms with E-state index in [-0.39, 0.29) is 23.9 Å². The van der Waals surface area contributed by atoms with Crippen LogP contribution in [0, 0.1) is 29.3 Å². The van der Waals surface area contributed by atoms with Crippen molar-refractivity contribution in [3.63, 3.8) is 0 Å². The molecule has 3 nitrogen and oxygen atoms in total. The topological polar surface area (TPSA) is 38.3 Å². The standard InChI is InChI=1S/C19H27F3N2OS/c1-19(2,3)26(25)23-18(14-6-12-4-5-24(10-12)11-14)8-13-7-16(21)17(22)9-15(13)20/h7,9,12,14,18,23H,4-6,8,10-11H2,1-3H3/t12?,14?,18-,26?/m1/s1. The molecule has 3 rings (SSSR count). The summed E-state index contributed by atoms with van der Waals surface area (Å²) in [4.78, 5) is 2.38.